The average Bonchev–Trinajstić information content (AvgIpc) is 1.07. The third-order valence-corrected chi connectivity index (χ3v) is 22.7. The van der Waals surface area contributed by atoms with E-state index in [-0.39, 0.29) is 22.7 Å². The van der Waals surface area contributed by atoms with E-state index in [0.717, 1.165) is 134 Å². The topological polar surface area (TPSA) is 202 Å². The zero-order valence-corrected chi connectivity index (χ0v) is 73.0. The van der Waals surface area contributed by atoms with Crippen LogP contribution in [-0.4, -0.2) is 50.9 Å². The van der Waals surface area contributed by atoms with Gasteiger partial charge < -0.3 is 35.0 Å². The molecule has 2 aromatic heterocycles. The number of aryl methyl sites for hydroxylation is 1. The summed E-state index contributed by atoms with van der Waals surface area (Å²) in [6.45, 7) is 26.3. The molecule has 0 spiro atoms. The van der Waals surface area contributed by atoms with Gasteiger partial charge in [0, 0.05) is 53.6 Å². The summed E-state index contributed by atoms with van der Waals surface area (Å²) >= 11 is 2.88. The molecule has 638 valence electrons. The molecular formula is C113H90N6O9S2. The van der Waals surface area contributed by atoms with Crippen LogP contribution in [0.3, 0.4) is 0 Å². The zero-order valence-electron chi connectivity index (χ0n) is 71.4. The number of rotatable bonds is 36. The fourth-order valence-corrected chi connectivity index (χ4v) is 15.4. The Hall–Kier alpha value is -16.8. The molecule has 15 nitrogen and oxygen atoms in total. The van der Waals surface area contributed by atoms with Gasteiger partial charge in [-0.15, -0.1) is 22.7 Å². The number of aliphatic carboxylic acids is 4. The maximum Gasteiger partial charge on any atom is 0.346 e. The highest BCUT2D eigenvalue weighted by Gasteiger charge is 2.17. The van der Waals surface area contributed by atoms with Gasteiger partial charge in [0.15, 0.2) is 0 Å². The number of carboxylic acid groups (broad SMARTS) is 4. The van der Waals surface area contributed by atoms with Gasteiger partial charge in [-0.3, -0.25) is 14.4 Å². The summed E-state index contributed by atoms with van der Waals surface area (Å²) in [5.41, 5.74) is 19.7. The van der Waals surface area contributed by atoms with E-state index in [9.17, 15) is 19.2 Å². The summed E-state index contributed by atoms with van der Waals surface area (Å²) in [6, 6.07) is 99.2. The summed E-state index contributed by atoms with van der Waals surface area (Å²) in [7, 11) is 0. The first kappa shape index (κ1) is 92.4. The Labute approximate surface area is 766 Å². The van der Waals surface area contributed by atoms with Crippen molar-refractivity contribution in [3.8, 4) is 32.7 Å². The number of nitrogens with zero attached hydrogens (tertiary/aromatic N) is 6. The lowest BCUT2D eigenvalue weighted by molar-refractivity contribution is -0.133. The Morgan fingerprint density at radius 3 is 0.908 bits per heavy atom. The molecular weight excluding hydrogens is 1650 g/mol. The summed E-state index contributed by atoms with van der Waals surface area (Å²) in [5, 5.41) is 45.7. The molecule has 0 amide bonds. The van der Waals surface area contributed by atoms with Crippen LogP contribution in [0, 0.1) is 38.0 Å². The molecule has 0 aliphatic rings. The summed E-state index contributed by atoms with van der Waals surface area (Å²) in [4.78, 5) is 61.9. The molecule has 17 heteroatoms. The highest BCUT2D eigenvalue weighted by molar-refractivity contribution is 7.16. The van der Waals surface area contributed by atoms with Gasteiger partial charge in [0.05, 0.1) is 26.3 Å². The van der Waals surface area contributed by atoms with Gasteiger partial charge in [0.25, 0.3) is 17.1 Å². The van der Waals surface area contributed by atoms with Gasteiger partial charge in [0.2, 0.25) is 0 Å². The van der Waals surface area contributed by atoms with Crippen molar-refractivity contribution in [1.82, 2.24) is 0 Å². The molecule has 11 aromatic carbocycles. The largest absolute Gasteiger partial charge is 0.494 e. The molecule has 0 aliphatic carbocycles. The number of thiophene rings is 2. The van der Waals surface area contributed by atoms with Crippen LogP contribution in [0.1, 0.15) is 128 Å². The predicted octanol–water partition coefficient (Wildman–Crippen LogP) is 29.8. The second kappa shape index (κ2) is 47.3. The highest BCUT2D eigenvalue weighted by Crippen LogP contribution is 2.39. The second-order valence-corrected chi connectivity index (χ2v) is 32.1. The number of unbranched alkanes of at least 4 members (excludes halogenated alkanes) is 5. The number of allylic oxidation sites excluding steroid dienone is 4. The third kappa shape index (κ3) is 27.6. The predicted molar refractivity (Wildman–Crippen MR) is 535 cm³/mol. The first-order valence-electron chi connectivity index (χ1n) is 41.9. The van der Waals surface area contributed by atoms with E-state index < -0.39 is 23.9 Å². The van der Waals surface area contributed by atoms with Crippen LogP contribution in [-0.2, 0) is 19.2 Å². The van der Waals surface area contributed by atoms with Crippen molar-refractivity contribution in [2.45, 2.75) is 52.4 Å². The van der Waals surface area contributed by atoms with Crippen molar-refractivity contribution in [3.05, 3.63) is 454 Å². The van der Waals surface area contributed by atoms with Crippen LogP contribution in [0.25, 0.3) is 120 Å². The molecule has 0 atom stereocenters. The number of benzene rings is 11. The van der Waals surface area contributed by atoms with Crippen molar-refractivity contribution in [2.24, 2.45) is 0 Å². The number of nitriles is 1. The molecule has 0 fully saturated rings. The van der Waals surface area contributed by atoms with Gasteiger partial charge in [-0.1, -0.05) is 312 Å². The maximum atomic E-state index is 11.2. The maximum absolute atomic E-state index is 11.2. The van der Waals surface area contributed by atoms with Crippen LogP contribution in [0.4, 0.5) is 34.1 Å². The number of hydrogen-bond acceptors (Lipinski definition) is 10. The van der Waals surface area contributed by atoms with Crippen molar-refractivity contribution >= 4 is 166 Å². The van der Waals surface area contributed by atoms with E-state index in [1.54, 1.807) is 30.3 Å². The van der Waals surface area contributed by atoms with E-state index in [2.05, 4.69) is 232 Å². The number of anilines is 6. The summed E-state index contributed by atoms with van der Waals surface area (Å²) in [6.07, 6.45) is 41.3. The molecule has 13 aromatic rings. The second-order valence-electron chi connectivity index (χ2n) is 29.9. The SMILES string of the molecule is [C-]#[N+]/C(=C\c1ccc(-c2ccc(/C=C/c3ccc(N(c4ccc(C)cc4)c4ccc(/C=C/c5ccc(-c6ccc(/C=C(\C#N)C(=O)O)s6)cc5)cc4)cc3)cc2)s1)C(=O)O.[C-]#[N+]/C(=C\c1ccc(/C=C/C=C/c2ccc(N(c3ccc(/C=C/C=C/c4ccc(/C=C(\[N+]#[C-])C(=O)O)cc4)cc3)c3ccc(/C=C/c4ccc(OCCCCCCCC)cc4)cc3)cc2)cc1)C(=O)O. The van der Waals surface area contributed by atoms with E-state index in [1.165, 1.54) is 84.6 Å². The van der Waals surface area contributed by atoms with Crippen LogP contribution in [0.2, 0.25) is 0 Å². The molecule has 4 N–H and O–H groups in total. The number of hydrogen-bond donors (Lipinski definition) is 4. The molecule has 0 saturated heterocycles. The Kier molecular flexibility index (Phi) is 33.6. The minimum atomic E-state index is -1.24. The minimum Gasteiger partial charge on any atom is -0.494 e. The lowest BCUT2D eigenvalue weighted by Crippen LogP contribution is -2.09. The third-order valence-electron chi connectivity index (χ3n) is 20.5. The summed E-state index contributed by atoms with van der Waals surface area (Å²) in [5.74, 6) is -4.06. The van der Waals surface area contributed by atoms with E-state index in [0.29, 0.717) is 16.0 Å². The smallest absolute Gasteiger partial charge is 0.346 e. The highest BCUT2D eigenvalue weighted by atomic mass is 32.1. The standard InChI is InChI=1S/C62H55N3O5.C51H35N3O4S2/c1-4-5-6-7-8-13-44-70-58-42-34-52(35-43-58)19-18-51-32-40-57(41-33-51)65(55-36-28-49(29-37-55)16-11-9-14-47-20-24-53(25-21-47)45-59(63-2)61(66)67)56-38-30-50(31-39-56)17-12-10-15-48-22-26-54(27-23-48)46-60(64-3)62(68)69;1-34-3-21-42(22-4-34)54(43-23-13-37(14-24-43)7-5-35-9-17-39(18-10-35)48-29-27-45(59-48)31-41(33-52)50(55)56)44-25-15-38(16-26-44)8-6-36-11-19-40(20-12-36)49-30-28-46(60-49)32-47(53-2)51(57)58/h9-12,14-43,45-46H,4-8,13,44H2,1H3,(H,66,67)(H,68,69);3-32H,1H3,(H,55,56)(H,57,58)/b14-9+,15-10+,16-11+,17-12+,19-18+,59-45-,60-46-;7-5+,8-6+,41-31+,47-32-. The fraction of sp³-hybridized carbons (Fsp3) is 0.0796. The molecule has 130 heavy (non-hydrogen) atoms. The van der Waals surface area contributed by atoms with Gasteiger partial charge in [0.1, 0.15) is 17.4 Å². The van der Waals surface area contributed by atoms with Crippen LogP contribution in [0.5, 0.6) is 5.75 Å². The zero-order chi connectivity index (χ0) is 91.4. The van der Waals surface area contributed by atoms with Gasteiger partial charge in [-0.25, -0.2) is 19.3 Å². The fourth-order valence-electron chi connectivity index (χ4n) is 13.5. The molecule has 0 saturated carbocycles. The van der Waals surface area contributed by atoms with Crippen LogP contribution < -0.4 is 14.5 Å². The van der Waals surface area contributed by atoms with Gasteiger partial charge in [-0.05, 0) is 225 Å². The summed E-state index contributed by atoms with van der Waals surface area (Å²) < 4.78 is 5.98. The molecule has 13 rings (SSSR count). The number of ether oxygens (including phenoxy) is 1. The quantitative estimate of drug-likeness (QED) is 0.00724. The molecule has 0 unspecified atom stereocenters. The molecule has 0 radical (unpaired) electrons. The minimum absolute atomic E-state index is 0.291. The Morgan fingerprint density at radius 1 is 0.331 bits per heavy atom. The Morgan fingerprint density at radius 2 is 0.600 bits per heavy atom. The lowest BCUT2D eigenvalue weighted by atomic mass is 10.1. The molecule has 0 bridgehead atoms. The number of carbonyl (C=O) groups is 4. The first-order valence-corrected chi connectivity index (χ1v) is 43.6. The normalized spacial score (nSPS) is 11.9. The van der Waals surface area contributed by atoms with E-state index in [4.69, 9.17) is 50.1 Å². The lowest BCUT2D eigenvalue weighted by Gasteiger charge is -2.26. The van der Waals surface area contributed by atoms with Crippen molar-refractivity contribution in [3.63, 3.8) is 0 Å². The van der Waals surface area contributed by atoms with Crippen LogP contribution >= 0.6 is 22.7 Å². The molecule has 2 heterocycles. The monoisotopic (exact) mass is 1740 g/mol. The number of carboxylic acids is 4. The van der Waals surface area contributed by atoms with E-state index >= 15 is 0 Å². The van der Waals surface area contributed by atoms with Crippen LogP contribution in [0.15, 0.2) is 338 Å². The average molecular weight is 1740 g/mol. The van der Waals surface area contributed by atoms with E-state index in [1.807, 2.05) is 158 Å². The Balaban J connectivity index is 0.000000238. The van der Waals surface area contributed by atoms with Gasteiger partial charge in [-0.2, -0.15) is 5.26 Å². The van der Waals surface area contributed by atoms with Crippen molar-refractivity contribution in [2.75, 3.05) is 16.4 Å². The first-order chi connectivity index (χ1) is 63.4. The molecule has 0 aliphatic heterocycles. The van der Waals surface area contributed by atoms with Gasteiger partial charge >= 0.3 is 23.9 Å². The van der Waals surface area contributed by atoms with Crippen molar-refractivity contribution in [1.29, 1.82) is 5.26 Å². The Bertz CT molecular complexity index is 6320. The van der Waals surface area contributed by atoms with Crippen molar-refractivity contribution < 1.29 is 44.3 Å².